The Balaban J connectivity index is 0.000000366. The van der Waals surface area contributed by atoms with Crippen molar-refractivity contribution < 1.29 is 34.1 Å². The molecule has 2 fully saturated rings. The summed E-state index contributed by atoms with van der Waals surface area (Å²) in [5, 5.41) is 16.7. The monoisotopic (exact) mass is 473 g/mol. The van der Waals surface area contributed by atoms with Crippen molar-refractivity contribution in [2.75, 3.05) is 13.2 Å². The van der Waals surface area contributed by atoms with Crippen LogP contribution in [-0.2, 0) is 19.1 Å². The van der Waals surface area contributed by atoms with E-state index in [1.165, 1.54) is 0 Å². The van der Waals surface area contributed by atoms with Crippen molar-refractivity contribution in [3.63, 3.8) is 0 Å². The van der Waals surface area contributed by atoms with Gasteiger partial charge in [-0.15, -0.1) is 0 Å². The number of halogens is 2. The minimum atomic E-state index is -1.26. The predicted octanol–water partition coefficient (Wildman–Crippen LogP) is 3.64. The lowest BCUT2D eigenvalue weighted by molar-refractivity contribution is -0.146. The van der Waals surface area contributed by atoms with Crippen LogP contribution in [0.15, 0.2) is 30.4 Å². The number of carboxylic acid groups (broad SMARTS) is 2. The normalized spacial score (nSPS) is 22.5. The first-order valence-electron chi connectivity index (χ1n) is 9.86. The van der Waals surface area contributed by atoms with Crippen LogP contribution in [-0.4, -0.2) is 64.4 Å². The molecule has 2 atom stereocenters. The van der Waals surface area contributed by atoms with Crippen LogP contribution in [0.3, 0.4) is 0 Å². The molecule has 1 aromatic rings. The van der Waals surface area contributed by atoms with Gasteiger partial charge < -0.3 is 19.7 Å². The average Bonchev–Trinajstić information content (AvgIpc) is 2.92. The Labute approximate surface area is 190 Å². The molecule has 2 aliphatic rings. The summed E-state index contributed by atoms with van der Waals surface area (Å²) in [6, 6.07) is 6.15. The second-order valence-electron chi connectivity index (χ2n) is 7.16. The summed E-state index contributed by atoms with van der Waals surface area (Å²) in [5.74, 6) is -1.89. The Kier molecular flexibility index (Phi) is 9.61. The van der Waals surface area contributed by atoms with Gasteiger partial charge in [-0.2, -0.15) is 0 Å². The summed E-state index contributed by atoms with van der Waals surface area (Å²) in [6.07, 6.45) is 5.36. The van der Waals surface area contributed by atoms with Gasteiger partial charge in [0.1, 0.15) is 11.9 Å². The maximum absolute atomic E-state index is 11.7. The summed E-state index contributed by atoms with van der Waals surface area (Å²) in [6.45, 7) is 2.66. The Hall–Kier alpha value is -2.29. The number of esters is 1. The van der Waals surface area contributed by atoms with Gasteiger partial charge in [0.15, 0.2) is 0 Å². The highest BCUT2D eigenvalue weighted by molar-refractivity contribution is 6.42. The molecule has 10 heteroatoms. The first-order valence-corrected chi connectivity index (χ1v) is 10.6. The number of ether oxygens (including phenoxy) is 2. The maximum atomic E-state index is 11.7. The Morgan fingerprint density at radius 1 is 1.06 bits per heavy atom. The third-order valence-electron chi connectivity index (χ3n) is 5.02. The number of rotatable bonds is 7. The van der Waals surface area contributed by atoms with E-state index in [4.69, 9.17) is 42.9 Å². The van der Waals surface area contributed by atoms with Gasteiger partial charge in [0.2, 0.25) is 0 Å². The van der Waals surface area contributed by atoms with E-state index in [9.17, 15) is 14.4 Å². The third-order valence-corrected chi connectivity index (χ3v) is 5.76. The smallest absolute Gasteiger partial charge is 0.328 e. The van der Waals surface area contributed by atoms with Gasteiger partial charge in [-0.25, -0.2) is 9.59 Å². The maximum Gasteiger partial charge on any atom is 0.328 e. The van der Waals surface area contributed by atoms with Crippen molar-refractivity contribution >= 4 is 41.1 Å². The van der Waals surface area contributed by atoms with Gasteiger partial charge in [0.25, 0.3) is 0 Å². The standard InChI is InChI=1S/C17H21Cl2NO3.C4H4O4/c1-2-22-17(21)10-20-11-3-4-12(20)8-14(7-11)23-13-5-6-15(18)16(19)9-13;5-3(6)1-2-4(7)8/h5-6,9,11-12,14H,2-4,7-8,10H2,1H3;1-2H,(H,5,6)(H,7,8). The lowest BCUT2D eigenvalue weighted by atomic mass is 9.99. The predicted molar refractivity (Wildman–Crippen MR) is 115 cm³/mol. The molecule has 3 rings (SSSR count). The van der Waals surface area contributed by atoms with Gasteiger partial charge in [-0.05, 0) is 44.7 Å². The number of piperidine rings is 1. The number of carbonyl (C=O) groups is 3. The van der Waals surface area contributed by atoms with E-state index in [1.54, 1.807) is 12.1 Å². The Morgan fingerprint density at radius 2 is 1.65 bits per heavy atom. The lowest BCUT2D eigenvalue weighted by Crippen LogP contribution is -2.48. The molecule has 2 saturated heterocycles. The van der Waals surface area contributed by atoms with Gasteiger partial charge in [-0.1, -0.05) is 23.2 Å². The largest absolute Gasteiger partial charge is 0.490 e. The van der Waals surface area contributed by atoms with E-state index >= 15 is 0 Å². The number of hydrogen-bond acceptors (Lipinski definition) is 6. The van der Waals surface area contributed by atoms with Crippen LogP contribution in [0.5, 0.6) is 5.75 Å². The summed E-state index contributed by atoms with van der Waals surface area (Å²) in [4.78, 5) is 33.1. The Bertz CT molecular complexity index is 800. The zero-order valence-electron chi connectivity index (χ0n) is 17.0. The SMILES string of the molecule is CCOC(=O)CN1C2CCC1CC(Oc1ccc(Cl)c(Cl)c1)C2.O=C(O)C=CC(=O)O. The van der Waals surface area contributed by atoms with Crippen molar-refractivity contribution in [2.45, 2.75) is 50.8 Å². The fourth-order valence-corrected chi connectivity index (χ4v) is 4.11. The zero-order chi connectivity index (χ0) is 23.0. The van der Waals surface area contributed by atoms with Crippen LogP contribution in [0.4, 0.5) is 0 Å². The number of benzene rings is 1. The number of aliphatic carboxylic acids is 2. The highest BCUT2D eigenvalue weighted by Crippen LogP contribution is 2.37. The molecule has 2 heterocycles. The highest BCUT2D eigenvalue weighted by Gasteiger charge is 2.42. The van der Waals surface area contributed by atoms with Crippen LogP contribution in [0, 0.1) is 0 Å². The highest BCUT2D eigenvalue weighted by atomic mass is 35.5. The van der Waals surface area contributed by atoms with E-state index in [-0.39, 0.29) is 12.1 Å². The molecule has 2 aliphatic heterocycles. The van der Waals surface area contributed by atoms with Crippen LogP contribution in [0.2, 0.25) is 10.0 Å². The van der Waals surface area contributed by atoms with Crippen LogP contribution >= 0.6 is 23.2 Å². The van der Waals surface area contributed by atoms with E-state index in [0.717, 1.165) is 31.4 Å². The molecule has 1 aromatic carbocycles. The second-order valence-corrected chi connectivity index (χ2v) is 7.97. The first-order chi connectivity index (χ1) is 14.7. The van der Waals surface area contributed by atoms with Gasteiger partial charge in [0, 0.05) is 30.3 Å². The van der Waals surface area contributed by atoms with Gasteiger partial charge in [-0.3, -0.25) is 9.69 Å². The van der Waals surface area contributed by atoms with Crippen molar-refractivity contribution in [2.24, 2.45) is 0 Å². The molecular weight excluding hydrogens is 449 g/mol. The molecular formula is C21H25Cl2NO7. The third kappa shape index (κ3) is 8.05. The quantitative estimate of drug-likeness (QED) is 0.455. The van der Waals surface area contributed by atoms with E-state index in [0.29, 0.717) is 47.4 Å². The number of carboxylic acids is 2. The molecule has 170 valence electrons. The van der Waals surface area contributed by atoms with E-state index < -0.39 is 11.9 Å². The lowest BCUT2D eigenvalue weighted by Gasteiger charge is -2.38. The number of fused-ring (bicyclic) bond motifs is 2. The summed E-state index contributed by atoms with van der Waals surface area (Å²) >= 11 is 12.0. The fraction of sp³-hybridized carbons (Fsp3) is 0.476. The molecule has 8 nitrogen and oxygen atoms in total. The molecule has 2 bridgehead atoms. The van der Waals surface area contributed by atoms with Crippen LogP contribution < -0.4 is 4.74 Å². The molecule has 0 aromatic heterocycles. The molecule has 31 heavy (non-hydrogen) atoms. The zero-order valence-corrected chi connectivity index (χ0v) is 18.5. The first kappa shape index (κ1) is 25.0. The van der Waals surface area contributed by atoms with Crippen molar-refractivity contribution in [3.05, 3.63) is 40.4 Å². The van der Waals surface area contributed by atoms with Crippen LogP contribution in [0.1, 0.15) is 32.6 Å². The van der Waals surface area contributed by atoms with Crippen molar-refractivity contribution in [3.8, 4) is 5.75 Å². The minimum absolute atomic E-state index is 0.131. The van der Waals surface area contributed by atoms with Gasteiger partial charge >= 0.3 is 17.9 Å². The Morgan fingerprint density at radius 3 is 2.13 bits per heavy atom. The molecule has 0 spiro atoms. The second kappa shape index (κ2) is 11.9. The van der Waals surface area contributed by atoms with E-state index in [2.05, 4.69) is 4.90 Å². The number of carbonyl (C=O) groups excluding carboxylic acids is 1. The molecule has 2 N–H and O–H groups in total. The minimum Gasteiger partial charge on any atom is -0.490 e. The average molecular weight is 474 g/mol. The topological polar surface area (TPSA) is 113 Å². The fourth-order valence-electron chi connectivity index (χ4n) is 3.82. The molecule has 0 amide bonds. The van der Waals surface area contributed by atoms with Crippen LogP contribution in [0.25, 0.3) is 0 Å². The molecule has 0 aliphatic carbocycles. The summed E-state index contributed by atoms with van der Waals surface area (Å²) < 4.78 is 11.2. The number of hydrogen-bond donors (Lipinski definition) is 2. The summed E-state index contributed by atoms with van der Waals surface area (Å²) in [5.41, 5.74) is 0. The molecule has 0 radical (unpaired) electrons. The van der Waals surface area contributed by atoms with E-state index in [1.807, 2.05) is 13.0 Å². The van der Waals surface area contributed by atoms with Crippen molar-refractivity contribution in [1.29, 1.82) is 0 Å². The summed E-state index contributed by atoms with van der Waals surface area (Å²) in [7, 11) is 0. The molecule has 0 saturated carbocycles. The van der Waals surface area contributed by atoms with Crippen molar-refractivity contribution in [1.82, 2.24) is 4.90 Å². The van der Waals surface area contributed by atoms with Gasteiger partial charge in [0.05, 0.1) is 23.2 Å². The number of nitrogens with zero attached hydrogens (tertiary/aromatic N) is 1. The molecule has 2 unspecified atom stereocenters.